The Kier molecular flexibility index (Phi) is 5.90. The number of amides is 2. The van der Waals surface area contributed by atoms with Crippen LogP contribution in [0.15, 0.2) is 41.8 Å². The van der Waals surface area contributed by atoms with E-state index in [1.54, 1.807) is 17.5 Å². The highest BCUT2D eigenvalue weighted by Gasteiger charge is 2.22. The Morgan fingerprint density at radius 2 is 1.92 bits per heavy atom. The summed E-state index contributed by atoms with van der Waals surface area (Å²) in [6.07, 6.45) is 0. The van der Waals surface area contributed by atoms with Crippen molar-refractivity contribution >= 4 is 33.2 Å². The number of hydrogen-bond donors (Lipinski definition) is 2. The second-order valence-electron chi connectivity index (χ2n) is 5.21. The standard InChI is InChI=1S/C16H15N3O4S2/c1-11(18-16(21)14-3-2-8-24-14)15(20)19-25(22,23)10-13-6-4-12(9-17)5-7-13/h2-8,11H,10H2,1H3,(H,18,21)(H,19,20)/t11-/m0/s1. The van der Waals surface area contributed by atoms with E-state index >= 15 is 0 Å². The fourth-order valence-electron chi connectivity index (χ4n) is 1.91. The molecule has 2 aromatic rings. The molecule has 1 heterocycles. The number of nitrogens with one attached hydrogen (secondary N) is 2. The zero-order chi connectivity index (χ0) is 18.4. The molecule has 0 radical (unpaired) electrons. The third-order valence-corrected chi connectivity index (χ3v) is 5.28. The summed E-state index contributed by atoms with van der Waals surface area (Å²) in [4.78, 5) is 24.3. The van der Waals surface area contributed by atoms with Crippen LogP contribution in [0.5, 0.6) is 0 Å². The topological polar surface area (TPSA) is 116 Å². The normalized spacial score (nSPS) is 12.0. The quantitative estimate of drug-likeness (QED) is 0.789. The van der Waals surface area contributed by atoms with Crippen molar-refractivity contribution in [2.75, 3.05) is 0 Å². The monoisotopic (exact) mass is 377 g/mol. The van der Waals surface area contributed by atoms with E-state index in [0.717, 1.165) is 0 Å². The van der Waals surface area contributed by atoms with Gasteiger partial charge in [-0.1, -0.05) is 18.2 Å². The summed E-state index contributed by atoms with van der Waals surface area (Å²) in [5.74, 6) is -1.67. The molecular formula is C16H15N3O4S2. The molecule has 0 aliphatic heterocycles. The van der Waals surface area contributed by atoms with E-state index < -0.39 is 33.6 Å². The highest BCUT2D eigenvalue weighted by atomic mass is 32.2. The van der Waals surface area contributed by atoms with Crippen LogP contribution in [0.1, 0.15) is 27.7 Å². The van der Waals surface area contributed by atoms with Gasteiger partial charge >= 0.3 is 0 Å². The van der Waals surface area contributed by atoms with Crippen LogP contribution in [0, 0.1) is 11.3 Å². The lowest BCUT2D eigenvalue weighted by Crippen LogP contribution is -2.46. The van der Waals surface area contributed by atoms with E-state index in [4.69, 9.17) is 5.26 Å². The van der Waals surface area contributed by atoms with Gasteiger partial charge in [-0.05, 0) is 36.1 Å². The van der Waals surface area contributed by atoms with E-state index in [1.807, 2.05) is 10.8 Å². The van der Waals surface area contributed by atoms with Gasteiger partial charge in [-0.3, -0.25) is 14.3 Å². The zero-order valence-electron chi connectivity index (χ0n) is 13.2. The van der Waals surface area contributed by atoms with Crippen LogP contribution in [0.4, 0.5) is 0 Å². The Morgan fingerprint density at radius 3 is 2.48 bits per heavy atom. The van der Waals surface area contributed by atoms with Gasteiger partial charge in [0, 0.05) is 0 Å². The first-order valence-electron chi connectivity index (χ1n) is 7.18. The largest absolute Gasteiger partial charge is 0.340 e. The number of carbonyl (C=O) groups is 2. The second-order valence-corrected chi connectivity index (χ2v) is 7.88. The summed E-state index contributed by atoms with van der Waals surface area (Å²) >= 11 is 1.22. The SMILES string of the molecule is C[C@H](NC(=O)c1cccs1)C(=O)NS(=O)(=O)Cc1ccc(C#N)cc1. The van der Waals surface area contributed by atoms with Crippen LogP contribution in [-0.2, 0) is 20.6 Å². The fourth-order valence-corrected chi connectivity index (χ4v) is 3.73. The van der Waals surface area contributed by atoms with Gasteiger partial charge in [0.15, 0.2) is 0 Å². The lowest BCUT2D eigenvalue weighted by Gasteiger charge is -2.14. The second kappa shape index (κ2) is 7.92. The van der Waals surface area contributed by atoms with Gasteiger partial charge in [-0.15, -0.1) is 11.3 Å². The molecule has 25 heavy (non-hydrogen) atoms. The lowest BCUT2D eigenvalue weighted by molar-refractivity contribution is -0.120. The van der Waals surface area contributed by atoms with E-state index in [9.17, 15) is 18.0 Å². The van der Waals surface area contributed by atoms with Crippen molar-refractivity contribution in [1.29, 1.82) is 5.26 Å². The maximum atomic E-state index is 12.1. The summed E-state index contributed by atoms with van der Waals surface area (Å²) in [5, 5.41) is 12.9. The number of rotatable bonds is 6. The van der Waals surface area contributed by atoms with Crippen LogP contribution in [0.2, 0.25) is 0 Å². The van der Waals surface area contributed by atoms with Gasteiger partial charge in [0.2, 0.25) is 10.0 Å². The van der Waals surface area contributed by atoms with Crippen LogP contribution >= 0.6 is 11.3 Å². The minimum atomic E-state index is -3.92. The average Bonchev–Trinajstić information content (AvgIpc) is 3.09. The molecule has 0 aliphatic carbocycles. The molecular weight excluding hydrogens is 362 g/mol. The van der Waals surface area contributed by atoms with Gasteiger partial charge in [0.05, 0.1) is 22.3 Å². The van der Waals surface area contributed by atoms with Gasteiger partial charge in [-0.25, -0.2) is 8.42 Å². The minimum Gasteiger partial charge on any atom is -0.340 e. The summed E-state index contributed by atoms with van der Waals surface area (Å²) < 4.78 is 26.1. The van der Waals surface area contributed by atoms with E-state index in [-0.39, 0.29) is 0 Å². The third kappa shape index (κ3) is 5.41. The van der Waals surface area contributed by atoms with Crippen LogP contribution in [0.25, 0.3) is 0 Å². The molecule has 2 rings (SSSR count). The van der Waals surface area contributed by atoms with Crippen LogP contribution < -0.4 is 10.0 Å². The number of nitrogens with zero attached hydrogens (tertiary/aromatic N) is 1. The highest BCUT2D eigenvalue weighted by molar-refractivity contribution is 7.89. The Morgan fingerprint density at radius 1 is 1.24 bits per heavy atom. The molecule has 0 unspecified atom stereocenters. The third-order valence-electron chi connectivity index (χ3n) is 3.18. The molecule has 2 N–H and O–H groups in total. The Bertz CT molecular complexity index is 898. The first-order valence-corrected chi connectivity index (χ1v) is 9.71. The average molecular weight is 377 g/mol. The van der Waals surface area contributed by atoms with E-state index in [0.29, 0.717) is 16.0 Å². The molecule has 0 spiro atoms. The van der Waals surface area contributed by atoms with Crippen LogP contribution in [-0.4, -0.2) is 26.3 Å². The summed E-state index contributed by atoms with van der Waals surface area (Å²) in [6.45, 7) is 1.40. The van der Waals surface area contributed by atoms with Gasteiger partial charge in [-0.2, -0.15) is 5.26 Å². The molecule has 0 aliphatic rings. The number of hydrogen-bond acceptors (Lipinski definition) is 6. The number of thiophene rings is 1. The first-order chi connectivity index (χ1) is 11.8. The number of carbonyl (C=O) groups excluding carboxylic acids is 2. The van der Waals surface area contributed by atoms with E-state index in [1.165, 1.54) is 42.5 Å². The molecule has 7 nitrogen and oxygen atoms in total. The molecule has 0 bridgehead atoms. The van der Waals surface area contributed by atoms with Gasteiger partial charge < -0.3 is 5.32 Å². The zero-order valence-corrected chi connectivity index (χ0v) is 14.9. The van der Waals surface area contributed by atoms with Crippen molar-refractivity contribution in [2.45, 2.75) is 18.7 Å². The predicted molar refractivity (Wildman–Crippen MR) is 93.2 cm³/mol. The van der Waals surface area contributed by atoms with Crippen molar-refractivity contribution in [3.05, 3.63) is 57.8 Å². The van der Waals surface area contributed by atoms with Crippen molar-refractivity contribution < 1.29 is 18.0 Å². The molecule has 9 heteroatoms. The van der Waals surface area contributed by atoms with Crippen molar-refractivity contribution in [2.24, 2.45) is 0 Å². The maximum absolute atomic E-state index is 12.1. The molecule has 1 aromatic heterocycles. The first kappa shape index (κ1) is 18.6. The molecule has 1 atom stereocenters. The van der Waals surface area contributed by atoms with Crippen molar-refractivity contribution in [1.82, 2.24) is 10.0 Å². The number of sulfonamides is 1. The number of nitriles is 1. The smallest absolute Gasteiger partial charge is 0.261 e. The Balaban J connectivity index is 1.95. The molecule has 0 saturated carbocycles. The van der Waals surface area contributed by atoms with Gasteiger partial charge in [0.25, 0.3) is 11.8 Å². The van der Waals surface area contributed by atoms with Crippen molar-refractivity contribution in [3.8, 4) is 6.07 Å². The predicted octanol–water partition coefficient (Wildman–Crippen LogP) is 1.38. The molecule has 0 fully saturated rings. The van der Waals surface area contributed by atoms with Gasteiger partial charge in [0.1, 0.15) is 6.04 Å². The van der Waals surface area contributed by atoms with Crippen molar-refractivity contribution in [3.63, 3.8) is 0 Å². The summed E-state index contributed by atoms with van der Waals surface area (Å²) in [5.41, 5.74) is 0.852. The molecule has 0 saturated heterocycles. The Hall–Kier alpha value is -2.70. The molecule has 2 amide bonds. The highest BCUT2D eigenvalue weighted by Crippen LogP contribution is 2.09. The maximum Gasteiger partial charge on any atom is 0.261 e. The fraction of sp³-hybridized carbons (Fsp3) is 0.188. The summed E-state index contributed by atoms with van der Waals surface area (Å²) in [7, 11) is -3.92. The van der Waals surface area contributed by atoms with E-state index in [2.05, 4.69) is 5.32 Å². The number of benzene rings is 1. The summed E-state index contributed by atoms with van der Waals surface area (Å²) in [6, 6.07) is 10.2. The lowest BCUT2D eigenvalue weighted by atomic mass is 10.2. The Labute approximate surface area is 149 Å². The molecule has 1 aromatic carbocycles. The van der Waals surface area contributed by atoms with Crippen LogP contribution in [0.3, 0.4) is 0 Å². The minimum absolute atomic E-state index is 0.407. The molecule has 130 valence electrons.